The molecule has 1 heterocycles. The largest absolute Gasteiger partial charge is 0.337 e. The van der Waals surface area contributed by atoms with Crippen LogP contribution in [0, 0.1) is 0 Å². The maximum Gasteiger partial charge on any atom is 0.255 e. The number of amides is 1. The summed E-state index contributed by atoms with van der Waals surface area (Å²) in [5, 5.41) is 0.503. The van der Waals surface area contributed by atoms with Crippen LogP contribution in [0.2, 0.25) is 5.02 Å². The molecule has 0 spiro atoms. The van der Waals surface area contributed by atoms with Crippen LogP contribution in [0.3, 0.4) is 0 Å². The molecule has 1 aromatic rings. The number of nitrogens with zero attached hydrogens (tertiary/aromatic N) is 1. The predicted octanol–water partition coefficient (Wildman–Crippen LogP) is 1.51. The van der Waals surface area contributed by atoms with Gasteiger partial charge < -0.3 is 10.6 Å². The zero-order valence-corrected chi connectivity index (χ0v) is 9.07. The van der Waals surface area contributed by atoms with Crippen molar-refractivity contribution < 1.29 is 4.79 Å². The molecule has 1 atom stereocenters. The fourth-order valence-corrected chi connectivity index (χ4v) is 1.99. The van der Waals surface area contributed by atoms with Crippen LogP contribution < -0.4 is 5.73 Å². The summed E-state index contributed by atoms with van der Waals surface area (Å²) in [6.07, 6.45) is 0.871. The molecule has 0 aromatic heterocycles. The van der Waals surface area contributed by atoms with Gasteiger partial charge >= 0.3 is 0 Å². The van der Waals surface area contributed by atoms with Crippen molar-refractivity contribution in [3.8, 4) is 0 Å². The zero-order valence-electron chi connectivity index (χ0n) is 8.32. The summed E-state index contributed by atoms with van der Waals surface area (Å²) < 4.78 is 0. The van der Waals surface area contributed by atoms with Crippen LogP contribution in [-0.2, 0) is 0 Å². The summed E-state index contributed by atoms with van der Waals surface area (Å²) in [6, 6.07) is 7.21. The van der Waals surface area contributed by atoms with Gasteiger partial charge in [-0.2, -0.15) is 0 Å². The van der Waals surface area contributed by atoms with E-state index in [0.29, 0.717) is 17.1 Å². The molecule has 1 saturated heterocycles. The Bertz CT molecular complexity index is 381. The quantitative estimate of drug-likeness (QED) is 0.786. The van der Waals surface area contributed by atoms with Gasteiger partial charge in [0.05, 0.1) is 10.6 Å². The molecule has 1 amide bonds. The second-order valence-electron chi connectivity index (χ2n) is 3.78. The third kappa shape index (κ3) is 2.13. The predicted molar refractivity (Wildman–Crippen MR) is 59.9 cm³/mol. The lowest BCUT2D eigenvalue weighted by Gasteiger charge is -2.16. The van der Waals surface area contributed by atoms with Crippen LogP contribution >= 0.6 is 11.6 Å². The monoisotopic (exact) mass is 224 g/mol. The molecular weight excluding hydrogens is 212 g/mol. The molecule has 0 saturated carbocycles. The molecule has 2 N–H and O–H groups in total. The Morgan fingerprint density at radius 1 is 1.47 bits per heavy atom. The number of nitrogens with two attached hydrogens (primary N) is 1. The molecule has 4 heteroatoms. The number of benzene rings is 1. The third-order valence-corrected chi connectivity index (χ3v) is 2.95. The Morgan fingerprint density at radius 3 is 2.80 bits per heavy atom. The summed E-state index contributed by atoms with van der Waals surface area (Å²) >= 11 is 5.96. The maximum atomic E-state index is 12.0. The first kappa shape index (κ1) is 10.5. The molecule has 1 aliphatic rings. The van der Waals surface area contributed by atoms with E-state index in [1.165, 1.54) is 0 Å². The van der Waals surface area contributed by atoms with E-state index in [1.807, 2.05) is 12.1 Å². The average molecular weight is 225 g/mol. The zero-order chi connectivity index (χ0) is 10.8. The number of halogens is 1. The topological polar surface area (TPSA) is 46.3 Å². The Balaban J connectivity index is 2.18. The fourth-order valence-electron chi connectivity index (χ4n) is 1.78. The Kier molecular flexibility index (Phi) is 2.93. The minimum atomic E-state index is -0.0199. The second kappa shape index (κ2) is 4.21. The van der Waals surface area contributed by atoms with Crippen molar-refractivity contribution in [1.82, 2.24) is 4.90 Å². The molecule has 0 unspecified atom stereocenters. The maximum absolute atomic E-state index is 12.0. The third-order valence-electron chi connectivity index (χ3n) is 2.62. The molecule has 1 fully saturated rings. The van der Waals surface area contributed by atoms with E-state index in [4.69, 9.17) is 17.3 Å². The molecule has 15 heavy (non-hydrogen) atoms. The first-order chi connectivity index (χ1) is 7.18. The van der Waals surface area contributed by atoms with Gasteiger partial charge in [0.15, 0.2) is 0 Å². The second-order valence-corrected chi connectivity index (χ2v) is 4.19. The molecule has 0 radical (unpaired) electrons. The first-order valence-electron chi connectivity index (χ1n) is 4.98. The van der Waals surface area contributed by atoms with Crippen molar-refractivity contribution in [1.29, 1.82) is 0 Å². The van der Waals surface area contributed by atoms with Gasteiger partial charge in [-0.15, -0.1) is 0 Å². The van der Waals surface area contributed by atoms with Gasteiger partial charge in [-0.1, -0.05) is 23.7 Å². The highest BCUT2D eigenvalue weighted by atomic mass is 35.5. The van der Waals surface area contributed by atoms with E-state index in [2.05, 4.69) is 0 Å². The lowest BCUT2D eigenvalue weighted by atomic mass is 10.2. The molecule has 0 bridgehead atoms. The number of hydrogen-bond acceptors (Lipinski definition) is 2. The summed E-state index contributed by atoms with van der Waals surface area (Å²) in [5.41, 5.74) is 6.32. The van der Waals surface area contributed by atoms with Crippen molar-refractivity contribution in [2.75, 3.05) is 13.1 Å². The standard InChI is InChI=1S/C11H13ClN2O/c12-10-4-2-1-3-9(10)11(15)14-6-5-8(13)7-14/h1-4,8H,5-7,13H2/t8-/m0/s1. The van der Waals surface area contributed by atoms with E-state index < -0.39 is 0 Å². The van der Waals surface area contributed by atoms with E-state index in [-0.39, 0.29) is 11.9 Å². The fraction of sp³-hybridized carbons (Fsp3) is 0.364. The normalized spacial score (nSPS) is 20.7. The van der Waals surface area contributed by atoms with Crippen LogP contribution in [0.1, 0.15) is 16.8 Å². The van der Waals surface area contributed by atoms with Crippen LogP contribution in [0.25, 0.3) is 0 Å². The lowest BCUT2D eigenvalue weighted by molar-refractivity contribution is 0.0791. The smallest absolute Gasteiger partial charge is 0.255 e. The Labute approximate surface area is 93.8 Å². The Morgan fingerprint density at radius 2 is 2.20 bits per heavy atom. The molecule has 80 valence electrons. The highest BCUT2D eigenvalue weighted by Gasteiger charge is 2.25. The van der Waals surface area contributed by atoms with Gasteiger partial charge in [0, 0.05) is 19.1 Å². The van der Waals surface area contributed by atoms with Crippen molar-refractivity contribution in [3.05, 3.63) is 34.9 Å². The summed E-state index contributed by atoms with van der Waals surface area (Å²) in [4.78, 5) is 13.8. The number of hydrogen-bond donors (Lipinski definition) is 1. The van der Waals surface area contributed by atoms with Crippen molar-refractivity contribution in [2.24, 2.45) is 5.73 Å². The van der Waals surface area contributed by atoms with Crippen LogP contribution in [0.5, 0.6) is 0 Å². The molecule has 3 nitrogen and oxygen atoms in total. The summed E-state index contributed by atoms with van der Waals surface area (Å²) in [6.45, 7) is 1.36. The van der Waals surface area contributed by atoms with Gasteiger partial charge in [0.25, 0.3) is 5.91 Å². The number of rotatable bonds is 1. The number of carbonyl (C=O) groups excluding carboxylic acids is 1. The summed E-state index contributed by atoms with van der Waals surface area (Å²) in [7, 11) is 0. The van der Waals surface area contributed by atoms with Crippen molar-refractivity contribution in [2.45, 2.75) is 12.5 Å². The lowest BCUT2D eigenvalue weighted by Crippen LogP contribution is -2.32. The van der Waals surface area contributed by atoms with E-state index >= 15 is 0 Å². The van der Waals surface area contributed by atoms with Gasteiger partial charge in [0.2, 0.25) is 0 Å². The minimum Gasteiger partial charge on any atom is -0.337 e. The van der Waals surface area contributed by atoms with Gasteiger partial charge in [-0.05, 0) is 18.6 Å². The van der Waals surface area contributed by atoms with E-state index in [9.17, 15) is 4.79 Å². The van der Waals surface area contributed by atoms with E-state index in [0.717, 1.165) is 13.0 Å². The SMILES string of the molecule is N[C@H]1CCN(C(=O)c2ccccc2Cl)C1. The summed E-state index contributed by atoms with van der Waals surface area (Å²) in [5.74, 6) is -0.0199. The Hall–Kier alpha value is -1.06. The average Bonchev–Trinajstić information content (AvgIpc) is 2.65. The van der Waals surface area contributed by atoms with Crippen molar-refractivity contribution >= 4 is 17.5 Å². The van der Waals surface area contributed by atoms with Crippen LogP contribution in [0.15, 0.2) is 24.3 Å². The first-order valence-corrected chi connectivity index (χ1v) is 5.35. The van der Waals surface area contributed by atoms with Gasteiger partial charge in [-0.3, -0.25) is 4.79 Å². The van der Waals surface area contributed by atoms with Gasteiger partial charge in [0.1, 0.15) is 0 Å². The molecule has 2 rings (SSSR count). The van der Waals surface area contributed by atoms with Gasteiger partial charge in [-0.25, -0.2) is 0 Å². The van der Waals surface area contributed by atoms with Crippen LogP contribution in [-0.4, -0.2) is 29.9 Å². The molecular formula is C11H13ClN2O. The molecule has 1 aliphatic heterocycles. The highest BCUT2D eigenvalue weighted by Crippen LogP contribution is 2.19. The minimum absolute atomic E-state index is 0.0199. The number of likely N-dealkylation sites (tertiary alicyclic amines) is 1. The molecule has 0 aliphatic carbocycles. The molecule has 1 aromatic carbocycles. The van der Waals surface area contributed by atoms with Crippen LogP contribution in [0.4, 0.5) is 0 Å². The highest BCUT2D eigenvalue weighted by molar-refractivity contribution is 6.33. The number of carbonyl (C=O) groups is 1. The van der Waals surface area contributed by atoms with E-state index in [1.54, 1.807) is 17.0 Å². The van der Waals surface area contributed by atoms with Crippen molar-refractivity contribution in [3.63, 3.8) is 0 Å².